The van der Waals surface area contributed by atoms with Crippen LogP contribution in [0.2, 0.25) is 5.02 Å². The second kappa shape index (κ2) is 4.02. The Labute approximate surface area is 101 Å². The van der Waals surface area contributed by atoms with Gasteiger partial charge >= 0.3 is 0 Å². The average Bonchev–Trinajstić information content (AvgIpc) is 2.50. The number of carbonyl (C=O) groups is 1. The second-order valence-electron chi connectivity index (χ2n) is 3.44. The molecule has 1 saturated heterocycles. The molecule has 1 aromatic carbocycles. The summed E-state index contributed by atoms with van der Waals surface area (Å²) in [5.41, 5.74) is 0.727. The molecule has 1 aromatic rings. The maximum Gasteiger partial charge on any atom is 0.228 e. The Morgan fingerprint density at radius 3 is 2.80 bits per heavy atom. The van der Waals surface area contributed by atoms with Crippen molar-refractivity contribution in [2.24, 2.45) is 0 Å². The molecule has 1 N–H and O–H groups in total. The second-order valence-corrected chi connectivity index (χ2v) is 5.14. The number of aromatic hydroxyl groups is 1. The lowest BCUT2D eigenvalue weighted by molar-refractivity contribution is -0.117. The van der Waals surface area contributed by atoms with Crippen molar-refractivity contribution in [2.45, 2.75) is 11.2 Å². The molecule has 1 aliphatic rings. The molecular formula is C10H9BrClNO2. The smallest absolute Gasteiger partial charge is 0.228 e. The molecule has 80 valence electrons. The highest BCUT2D eigenvalue weighted by Crippen LogP contribution is 2.31. The molecule has 1 heterocycles. The minimum Gasteiger partial charge on any atom is -0.506 e. The molecule has 1 fully saturated rings. The van der Waals surface area contributed by atoms with Gasteiger partial charge in [-0.3, -0.25) is 4.79 Å². The Morgan fingerprint density at radius 2 is 2.27 bits per heavy atom. The maximum absolute atomic E-state index is 11.6. The van der Waals surface area contributed by atoms with E-state index in [4.69, 9.17) is 11.6 Å². The zero-order chi connectivity index (χ0) is 11.0. The van der Waals surface area contributed by atoms with Gasteiger partial charge in [0.1, 0.15) is 5.75 Å². The number of benzene rings is 1. The number of hydrogen-bond acceptors (Lipinski definition) is 2. The summed E-state index contributed by atoms with van der Waals surface area (Å²) < 4.78 is 0. The predicted molar refractivity (Wildman–Crippen MR) is 62.8 cm³/mol. The van der Waals surface area contributed by atoms with Crippen LogP contribution < -0.4 is 4.90 Å². The minimum absolute atomic E-state index is 0.0301. The van der Waals surface area contributed by atoms with Gasteiger partial charge in [0.25, 0.3) is 0 Å². The highest BCUT2D eigenvalue weighted by molar-refractivity contribution is 9.09. The van der Waals surface area contributed by atoms with Crippen LogP contribution in [-0.4, -0.2) is 22.4 Å². The normalized spacial score (nSPS) is 21.1. The van der Waals surface area contributed by atoms with Crippen LogP contribution in [0.1, 0.15) is 6.42 Å². The van der Waals surface area contributed by atoms with E-state index in [1.165, 1.54) is 6.07 Å². The lowest BCUT2D eigenvalue weighted by atomic mass is 10.3. The Kier molecular flexibility index (Phi) is 2.89. The third-order valence-corrected chi connectivity index (χ3v) is 3.24. The minimum atomic E-state index is 0.0301. The van der Waals surface area contributed by atoms with E-state index in [0.29, 0.717) is 13.0 Å². The number of carbonyl (C=O) groups excluding carboxylic acids is 1. The number of phenolic OH excluding ortho intramolecular Hbond substituents is 1. The van der Waals surface area contributed by atoms with Crippen LogP contribution >= 0.6 is 27.5 Å². The van der Waals surface area contributed by atoms with Crippen molar-refractivity contribution >= 4 is 39.1 Å². The molecule has 1 aliphatic heterocycles. The fourth-order valence-electron chi connectivity index (χ4n) is 1.58. The lowest BCUT2D eigenvalue weighted by Gasteiger charge is -2.16. The third kappa shape index (κ3) is 2.11. The van der Waals surface area contributed by atoms with Crippen molar-refractivity contribution in [3.8, 4) is 5.75 Å². The molecule has 0 radical (unpaired) electrons. The Hall–Kier alpha value is -0.740. The number of nitrogens with zero attached hydrogens (tertiary/aromatic N) is 1. The first-order chi connectivity index (χ1) is 7.08. The number of anilines is 1. The molecule has 2 rings (SSSR count). The zero-order valence-electron chi connectivity index (χ0n) is 7.78. The van der Waals surface area contributed by atoms with Gasteiger partial charge in [-0.05, 0) is 18.2 Å². The molecular weight excluding hydrogens is 281 g/mol. The largest absolute Gasteiger partial charge is 0.506 e. The Bertz CT molecular complexity index is 410. The first kappa shape index (κ1) is 10.8. The number of phenols is 1. The summed E-state index contributed by atoms with van der Waals surface area (Å²) in [6.07, 6.45) is 0.499. The van der Waals surface area contributed by atoms with Gasteiger partial charge in [0.05, 0.1) is 5.02 Å². The number of alkyl halides is 1. The summed E-state index contributed by atoms with van der Waals surface area (Å²) in [6.45, 7) is 0.639. The van der Waals surface area contributed by atoms with Crippen molar-refractivity contribution in [2.75, 3.05) is 11.4 Å². The van der Waals surface area contributed by atoms with Crippen LogP contribution in [0, 0.1) is 0 Å². The van der Waals surface area contributed by atoms with E-state index in [-0.39, 0.29) is 21.5 Å². The summed E-state index contributed by atoms with van der Waals surface area (Å²) in [4.78, 5) is 13.4. The van der Waals surface area contributed by atoms with Crippen LogP contribution in [0.15, 0.2) is 18.2 Å². The van der Waals surface area contributed by atoms with E-state index in [1.54, 1.807) is 17.0 Å². The van der Waals surface area contributed by atoms with Crippen molar-refractivity contribution in [1.82, 2.24) is 0 Å². The number of amides is 1. The van der Waals surface area contributed by atoms with Crippen molar-refractivity contribution in [1.29, 1.82) is 0 Å². The summed E-state index contributed by atoms with van der Waals surface area (Å²) in [7, 11) is 0. The van der Waals surface area contributed by atoms with Crippen molar-refractivity contribution in [3.63, 3.8) is 0 Å². The van der Waals surface area contributed by atoms with E-state index >= 15 is 0 Å². The van der Waals surface area contributed by atoms with Gasteiger partial charge in [-0.15, -0.1) is 0 Å². The molecule has 0 aliphatic carbocycles. The first-order valence-electron chi connectivity index (χ1n) is 4.51. The number of halogens is 2. The van der Waals surface area contributed by atoms with Gasteiger partial charge in [-0.1, -0.05) is 27.5 Å². The van der Waals surface area contributed by atoms with Gasteiger partial charge in [-0.2, -0.15) is 0 Å². The summed E-state index contributed by atoms with van der Waals surface area (Å²) in [5.74, 6) is 0.0982. The molecule has 0 saturated carbocycles. The van der Waals surface area contributed by atoms with Gasteiger partial charge in [0, 0.05) is 23.5 Å². The summed E-state index contributed by atoms with van der Waals surface area (Å²) >= 11 is 9.18. The van der Waals surface area contributed by atoms with Crippen molar-refractivity contribution in [3.05, 3.63) is 23.2 Å². The average molecular weight is 291 g/mol. The molecule has 1 amide bonds. The molecule has 0 bridgehead atoms. The van der Waals surface area contributed by atoms with Crippen LogP contribution in [-0.2, 0) is 4.79 Å². The highest BCUT2D eigenvalue weighted by Gasteiger charge is 2.28. The van der Waals surface area contributed by atoms with Gasteiger partial charge in [-0.25, -0.2) is 0 Å². The molecule has 0 spiro atoms. The molecule has 0 aromatic heterocycles. The molecule has 5 heteroatoms. The quantitative estimate of drug-likeness (QED) is 0.808. The highest BCUT2D eigenvalue weighted by atomic mass is 79.9. The Balaban J connectivity index is 2.30. The van der Waals surface area contributed by atoms with E-state index < -0.39 is 0 Å². The molecule has 3 nitrogen and oxygen atoms in total. The monoisotopic (exact) mass is 289 g/mol. The number of rotatable bonds is 1. The summed E-state index contributed by atoms with van der Waals surface area (Å²) in [5, 5.41) is 9.52. The predicted octanol–water partition coefficient (Wildman–Crippen LogP) is 2.55. The lowest BCUT2D eigenvalue weighted by Crippen LogP contribution is -2.24. The van der Waals surface area contributed by atoms with Crippen LogP contribution in [0.25, 0.3) is 0 Å². The van der Waals surface area contributed by atoms with E-state index in [9.17, 15) is 9.90 Å². The fourth-order valence-corrected chi connectivity index (χ4v) is 2.32. The summed E-state index contributed by atoms with van der Waals surface area (Å²) in [6, 6.07) is 4.77. The molecule has 1 unspecified atom stereocenters. The third-order valence-electron chi connectivity index (χ3n) is 2.32. The molecule has 1 atom stereocenters. The van der Waals surface area contributed by atoms with Crippen LogP contribution in [0.5, 0.6) is 5.75 Å². The zero-order valence-corrected chi connectivity index (χ0v) is 10.1. The number of hydrogen-bond donors (Lipinski definition) is 1. The van der Waals surface area contributed by atoms with Gasteiger partial charge in [0.2, 0.25) is 5.91 Å². The topological polar surface area (TPSA) is 40.5 Å². The Morgan fingerprint density at radius 1 is 1.53 bits per heavy atom. The van der Waals surface area contributed by atoms with E-state index in [1.807, 2.05) is 0 Å². The van der Waals surface area contributed by atoms with E-state index in [0.717, 1.165) is 5.69 Å². The fraction of sp³-hybridized carbons (Fsp3) is 0.300. The maximum atomic E-state index is 11.6. The first-order valence-corrected chi connectivity index (χ1v) is 5.80. The van der Waals surface area contributed by atoms with Gasteiger partial charge < -0.3 is 10.0 Å². The standard InChI is InChI=1S/C10H9BrClNO2/c11-6-3-10(15)13(5-6)7-1-2-9(14)8(12)4-7/h1-2,4,6,14H,3,5H2. The molecule has 15 heavy (non-hydrogen) atoms. The van der Waals surface area contributed by atoms with E-state index in [2.05, 4.69) is 15.9 Å². The van der Waals surface area contributed by atoms with Gasteiger partial charge in [0.15, 0.2) is 0 Å². The van der Waals surface area contributed by atoms with Crippen molar-refractivity contribution < 1.29 is 9.90 Å². The van der Waals surface area contributed by atoms with Crippen LogP contribution in [0.4, 0.5) is 5.69 Å². The van der Waals surface area contributed by atoms with Crippen LogP contribution in [0.3, 0.4) is 0 Å². The SMILES string of the molecule is O=C1CC(Br)CN1c1ccc(O)c(Cl)c1.